The standard InChI is InChI=1S/C20H25FN6O2/c1-13-10-17(26(2)3)25-20(24-13)23-9-8-22-19(29)14-11-18(28)27(12-14)16-6-4-15(21)5-7-16/h4-7,10,14H,8-9,11-12H2,1-3H3,(H,22,29)(H,23,24,25). The molecule has 0 radical (unpaired) electrons. The van der Waals surface area contributed by atoms with Crippen molar-refractivity contribution in [3.05, 3.63) is 41.8 Å². The molecule has 3 rings (SSSR count). The first-order valence-electron chi connectivity index (χ1n) is 9.44. The van der Waals surface area contributed by atoms with Crippen molar-refractivity contribution in [1.29, 1.82) is 0 Å². The predicted molar refractivity (Wildman–Crippen MR) is 109 cm³/mol. The minimum absolute atomic E-state index is 0.140. The highest BCUT2D eigenvalue weighted by molar-refractivity contribution is 6.00. The molecule has 2 aromatic rings. The van der Waals surface area contributed by atoms with Gasteiger partial charge in [-0.15, -0.1) is 0 Å². The highest BCUT2D eigenvalue weighted by Gasteiger charge is 2.34. The second-order valence-corrected chi connectivity index (χ2v) is 7.19. The quantitative estimate of drug-likeness (QED) is 0.686. The Morgan fingerprint density at radius 1 is 1.24 bits per heavy atom. The largest absolute Gasteiger partial charge is 0.363 e. The zero-order valence-corrected chi connectivity index (χ0v) is 16.8. The molecule has 1 aromatic carbocycles. The van der Waals surface area contributed by atoms with E-state index in [9.17, 15) is 14.0 Å². The van der Waals surface area contributed by atoms with Gasteiger partial charge >= 0.3 is 0 Å². The monoisotopic (exact) mass is 400 g/mol. The van der Waals surface area contributed by atoms with Gasteiger partial charge in [0.05, 0.1) is 5.92 Å². The Morgan fingerprint density at radius 3 is 2.66 bits per heavy atom. The van der Waals surface area contributed by atoms with Crippen LogP contribution in [0, 0.1) is 18.7 Å². The third kappa shape index (κ3) is 5.18. The first kappa shape index (κ1) is 20.5. The molecule has 2 N–H and O–H groups in total. The normalized spacial score (nSPS) is 16.1. The Kier molecular flexibility index (Phi) is 6.26. The number of aromatic nitrogens is 2. The number of anilines is 3. The molecule has 1 aromatic heterocycles. The van der Waals surface area contributed by atoms with Gasteiger partial charge in [-0.2, -0.15) is 4.98 Å². The lowest BCUT2D eigenvalue weighted by atomic mass is 10.1. The third-order valence-electron chi connectivity index (χ3n) is 4.64. The zero-order chi connectivity index (χ0) is 21.0. The molecule has 1 saturated heterocycles. The molecule has 2 amide bonds. The van der Waals surface area contributed by atoms with Gasteiger partial charge in [-0.1, -0.05) is 0 Å². The van der Waals surface area contributed by atoms with E-state index in [2.05, 4.69) is 20.6 Å². The summed E-state index contributed by atoms with van der Waals surface area (Å²) in [5, 5.41) is 5.94. The van der Waals surface area contributed by atoms with Crippen LogP contribution in [0.15, 0.2) is 30.3 Å². The number of benzene rings is 1. The summed E-state index contributed by atoms with van der Waals surface area (Å²) in [6, 6.07) is 7.58. The van der Waals surface area contributed by atoms with E-state index in [4.69, 9.17) is 0 Å². The molecule has 0 spiro atoms. The number of halogens is 1. The Labute approximate surface area is 169 Å². The van der Waals surface area contributed by atoms with E-state index in [0.29, 0.717) is 24.7 Å². The lowest BCUT2D eigenvalue weighted by molar-refractivity contribution is -0.126. The number of aryl methyl sites for hydroxylation is 1. The van der Waals surface area contributed by atoms with Crippen LogP contribution in [0.1, 0.15) is 12.1 Å². The SMILES string of the molecule is Cc1cc(N(C)C)nc(NCCNC(=O)C2CC(=O)N(c3ccc(F)cc3)C2)n1. The Morgan fingerprint density at radius 2 is 1.97 bits per heavy atom. The van der Waals surface area contributed by atoms with Gasteiger partial charge in [-0.05, 0) is 31.2 Å². The fraction of sp³-hybridized carbons (Fsp3) is 0.400. The summed E-state index contributed by atoms with van der Waals surface area (Å²) < 4.78 is 13.1. The molecule has 1 aliphatic rings. The molecule has 8 nitrogen and oxygen atoms in total. The molecule has 0 saturated carbocycles. The smallest absolute Gasteiger partial charge is 0.227 e. The molecule has 1 aliphatic heterocycles. The van der Waals surface area contributed by atoms with Crippen molar-refractivity contribution in [2.45, 2.75) is 13.3 Å². The topological polar surface area (TPSA) is 90.5 Å². The average molecular weight is 400 g/mol. The van der Waals surface area contributed by atoms with Crippen LogP contribution >= 0.6 is 0 Å². The number of nitrogens with zero attached hydrogens (tertiary/aromatic N) is 4. The van der Waals surface area contributed by atoms with Gasteiger partial charge in [0.2, 0.25) is 17.8 Å². The van der Waals surface area contributed by atoms with Crippen molar-refractivity contribution in [3.63, 3.8) is 0 Å². The average Bonchev–Trinajstić information content (AvgIpc) is 3.07. The summed E-state index contributed by atoms with van der Waals surface area (Å²) in [6.07, 6.45) is 0.143. The van der Waals surface area contributed by atoms with Crippen LogP contribution in [0.4, 0.5) is 21.8 Å². The van der Waals surface area contributed by atoms with Crippen molar-refractivity contribution in [3.8, 4) is 0 Å². The van der Waals surface area contributed by atoms with Crippen molar-refractivity contribution in [1.82, 2.24) is 15.3 Å². The van der Waals surface area contributed by atoms with E-state index < -0.39 is 5.92 Å². The van der Waals surface area contributed by atoms with Crippen LogP contribution in [0.3, 0.4) is 0 Å². The highest BCUT2D eigenvalue weighted by Crippen LogP contribution is 2.25. The lowest BCUT2D eigenvalue weighted by Crippen LogP contribution is -2.35. The second-order valence-electron chi connectivity index (χ2n) is 7.19. The number of hydrogen-bond acceptors (Lipinski definition) is 6. The van der Waals surface area contributed by atoms with Gasteiger partial charge in [0.15, 0.2) is 0 Å². The number of amides is 2. The molecule has 1 atom stereocenters. The minimum Gasteiger partial charge on any atom is -0.363 e. The molecular formula is C20H25FN6O2. The fourth-order valence-corrected chi connectivity index (χ4v) is 3.12. The predicted octanol–water partition coefficient (Wildman–Crippen LogP) is 1.57. The summed E-state index contributed by atoms with van der Waals surface area (Å²) in [5.41, 5.74) is 1.45. The summed E-state index contributed by atoms with van der Waals surface area (Å²) in [5.74, 6) is 0.194. The van der Waals surface area contributed by atoms with Crippen LogP contribution in [-0.4, -0.2) is 55.5 Å². The molecule has 29 heavy (non-hydrogen) atoms. The van der Waals surface area contributed by atoms with Crippen LogP contribution in [0.2, 0.25) is 0 Å². The lowest BCUT2D eigenvalue weighted by Gasteiger charge is -2.17. The maximum atomic E-state index is 13.1. The highest BCUT2D eigenvalue weighted by atomic mass is 19.1. The fourth-order valence-electron chi connectivity index (χ4n) is 3.12. The van der Waals surface area contributed by atoms with E-state index in [1.165, 1.54) is 17.0 Å². The van der Waals surface area contributed by atoms with Crippen molar-refractivity contribution < 1.29 is 14.0 Å². The minimum atomic E-state index is -0.428. The van der Waals surface area contributed by atoms with E-state index in [-0.39, 0.29) is 30.6 Å². The number of carbonyl (C=O) groups excluding carboxylic acids is 2. The summed E-state index contributed by atoms with van der Waals surface area (Å²) in [6.45, 7) is 3.03. The summed E-state index contributed by atoms with van der Waals surface area (Å²) in [4.78, 5) is 36.8. The third-order valence-corrected chi connectivity index (χ3v) is 4.64. The Hall–Kier alpha value is -3.23. The molecule has 0 bridgehead atoms. The summed E-state index contributed by atoms with van der Waals surface area (Å²) >= 11 is 0. The molecule has 1 unspecified atom stereocenters. The molecule has 1 fully saturated rings. The first-order valence-corrected chi connectivity index (χ1v) is 9.44. The van der Waals surface area contributed by atoms with Gasteiger partial charge in [0.1, 0.15) is 11.6 Å². The molecular weight excluding hydrogens is 375 g/mol. The van der Waals surface area contributed by atoms with Crippen LogP contribution in [0.5, 0.6) is 0 Å². The first-order chi connectivity index (χ1) is 13.8. The van der Waals surface area contributed by atoms with Gasteiger partial charge in [-0.25, -0.2) is 9.37 Å². The van der Waals surface area contributed by atoms with Crippen molar-refractivity contribution >= 4 is 29.3 Å². The summed E-state index contributed by atoms with van der Waals surface area (Å²) in [7, 11) is 3.81. The van der Waals surface area contributed by atoms with E-state index >= 15 is 0 Å². The Balaban J connectivity index is 1.48. The number of hydrogen-bond donors (Lipinski definition) is 2. The maximum absolute atomic E-state index is 13.1. The number of carbonyl (C=O) groups is 2. The van der Waals surface area contributed by atoms with E-state index in [0.717, 1.165) is 11.5 Å². The van der Waals surface area contributed by atoms with Gasteiger partial charge in [0.25, 0.3) is 0 Å². The molecule has 0 aliphatic carbocycles. The number of nitrogens with one attached hydrogen (secondary N) is 2. The van der Waals surface area contributed by atoms with Gasteiger partial charge < -0.3 is 20.4 Å². The Bertz CT molecular complexity index is 887. The molecule has 154 valence electrons. The van der Waals surface area contributed by atoms with Crippen LogP contribution in [0.25, 0.3) is 0 Å². The molecule has 2 heterocycles. The zero-order valence-electron chi connectivity index (χ0n) is 16.8. The second kappa shape index (κ2) is 8.85. The number of rotatable bonds is 7. The van der Waals surface area contributed by atoms with Crippen LogP contribution < -0.4 is 20.4 Å². The van der Waals surface area contributed by atoms with E-state index in [1.54, 1.807) is 12.1 Å². The van der Waals surface area contributed by atoms with E-state index in [1.807, 2.05) is 32.0 Å². The van der Waals surface area contributed by atoms with Crippen molar-refractivity contribution in [2.75, 3.05) is 48.8 Å². The van der Waals surface area contributed by atoms with Crippen molar-refractivity contribution in [2.24, 2.45) is 5.92 Å². The van der Waals surface area contributed by atoms with Crippen LogP contribution in [-0.2, 0) is 9.59 Å². The molecule has 9 heteroatoms. The van der Waals surface area contributed by atoms with Gasteiger partial charge in [0, 0.05) is 57.6 Å². The maximum Gasteiger partial charge on any atom is 0.227 e. The van der Waals surface area contributed by atoms with Gasteiger partial charge in [-0.3, -0.25) is 9.59 Å².